The van der Waals surface area contributed by atoms with Crippen molar-refractivity contribution in [3.05, 3.63) is 47.0 Å². The molecule has 0 aliphatic rings. The van der Waals surface area contributed by atoms with E-state index in [9.17, 15) is 0 Å². The molecule has 0 bridgehead atoms. The molecule has 0 aromatic heterocycles. The molecule has 0 fully saturated rings. The van der Waals surface area contributed by atoms with Crippen LogP contribution in [0.25, 0.3) is 0 Å². The van der Waals surface area contributed by atoms with Crippen LogP contribution < -0.4 is 0 Å². The third-order valence-electron chi connectivity index (χ3n) is 3.27. The molecule has 1 aromatic rings. The van der Waals surface area contributed by atoms with Gasteiger partial charge < -0.3 is 5.11 Å². The van der Waals surface area contributed by atoms with Crippen LogP contribution in [0, 0.1) is 0 Å². The predicted molar refractivity (Wildman–Crippen MR) is 78.9 cm³/mol. The van der Waals surface area contributed by atoms with Crippen LogP contribution in [-0.4, -0.2) is 11.7 Å². The molecule has 0 aliphatic carbocycles. The summed E-state index contributed by atoms with van der Waals surface area (Å²) in [4.78, 5) is 0. The summed E-state index contributed by atoms with van der Waals surface area (Å²) >= 11 is 0. The van der Waals surface area contributed by atoms with Gasteiger partial charge in [0, 0.05) is 6.61 Å². The van der Waals surface area contributed by atoms with Gasteiger partial charge in [-0.25, -0.2) is 0 Å². The lowest BCUT2D eigenvalue weighted by molar-refractivity contribution is 0.288. The number of hydrogen-bond acceptors (Lipinski definition) is 1. The maximum atomic E-state index is 8.77. The Hall–Kier alpha value is -1.08. The summed E-state index contributed by atoms with van der Waals surface area (Å²) in [5, 5.41) is 8.77. The molecule has 0 heterocycles. The maximum Gasteiger partial charge on any atom is 0.0434 e. The zero-order valence-electron chi connectivity index (χ0n) is 11.9. The minimum absolute atomic E-state index is 0.293. The first-order valence-corrected chi connectivity index (χ1v) is 6.99. The minimum Gasteiger partial charge on any atom is -0.396 e. The van der Waals surface area contributed by atoms with Crippen molar-refractivity contribution in [2.24, 2.45) is 0 Å². The van der Waals surface area contributed by atoms with E-state index in [0.29, 0.717) is 12.5 Å². The molecule has 1 nitrogen and oxygen atoms in total. The molecule has 18 heavy (non-hydrogen) atoms. The van der Waals surface area contributed by atoms with Gasteiger partial charge >= 0.3 is 0 Å². The Bertz CT molecular complexity index is 377. The van der Waals surface area contributed by atoms with Gasteiger partial charge in [0.25, 0.3) is 0 Å². The van der Waals surface area contributed by atoms with Gasteiger partial charge in [0.2, 0.25) is 0 Å². The van der Waals surface area contributed by atoms with E-state index in [1.165, 1.54) is 16.7 Å². The van der Waals surface area contributed by atoms with E-state index in [2.05, 4.69) is 51.1 Å². The summed E-state index contributed by atoms with van der Waals surface area (Å²) < 4.78 is 0. The Morgan fingerprint density at radius 3 is 2.78 bits per heavy atom. The third-order valence-corrected chi connectivity index (χ3v) is 3.27. The molecule has 0 amide bonds. The number of aryl methyl sites for hydroxylation is 1. The van der Waals surface area contributed by atoms with Crippen LogP contribution in [0.3, 0.4) is 0 Å². The molecule has 1 aromatic carbocycles. The van der Waals surface area contributed by atoms with E-state index in [-0.39, 0.29) is 0 Å². The fraction of sp³-hybridized carbons (Fsp3) is 0.529. The Morgan fingerprint density at radius 1 is 1.33 bits per heavy atom. The molecule has 0 radical (unpaired) electrons. The second-order valence-electron chi connectivity index (χ2n) is 5.32. The van der Waals surface area contributed by atoms with Crippen LogP contribution in [0.4, 0.5) is 0 Å². The highest BCUT2D eigenvalue weighted by Gasteiger charge is 1.99. The largest absolute Gasteiger partial charge is 0.396 e. The van der Waals surface area contributed by atoms with E-state index in [0.717, 1.165) is 25.7 Å². The molecule has 0 unspecified atom stereocenters. The summed E-state index contributed by atoms with van der Waals surface area (Å²) in [6.45, 7) is 6.91. The van der Waals surface area contributed by atoms with Gasteiger partial charge in [-0.2, -0.15) is 0 Å². The second kappa shape index (κ2) is 8.10. The SMILES string of the molecule is CC(=CCCc1cccc(C(C)C)c1)CCCO. The first-order chi connectivity index (χ1) is 8.63. The van der Waals surface area contributed by atoms with Gasteiger partial charge in [-0.1, -0.05) is 49.8 Å². The zero-order chi connectivity index (χ0) is 13.4. The Balaban J connectivity index is 2.46. The average Bonchev–Trinajstić information content (AvgIpc) is 2.36. The lowest BCUT2D eigenvalue weighted by Crippen LogP contribution is -1.91. The summed E-state index contributed by atoms with van der Waals surface area (Å²) in [6, 6.07) is 8.90. The molecular formula is C17H26O. The van der Waals surface area contributed by atoms with Gasteiger partial charge in [0.15, 0.2) is 0 Å². The van der Waals surface area contributed by atoms with Gasteiger partial charge in [-0.3, -0.25) is 0 Å². The monoisotopic (exact) mass is 246 g/mol. The maximum absolute atomic E-state index is 8.77. The summed E-state index contributed by atoms with van der Waals surface area (Å²) in [5.41, 5.74) is 4.24. The van der Waals surface area contributed by atoms with Crippen molar-refractivity contribution in [3.63, 3.8) is 0 Å². The fourth-order valence-corrected chi connectivity index (χ4v) is 2.05. The van der Waals surface area contributed by atoms with Gasteiger partial charge in [0.05, 0.1) is 0 Å². The van der Waals surface area contributed by atoms with Gasteiger partial charge in [0.1, 0.15) is 0 Å². The van der Waals surface area contributed by atoms with Gasteiger partial charge in [-0.15, -0.1) is 0 Å². The van der Waals surface area contributed by atoms with Crippen molar-refractivity contribution >= 4 is 0 Å². The number of aliphatic hydroxyl groups is 1. The molecule has 0 spiro atoms. The normalized spacial score (nSPS) is 12.2. The van der Waals surface area contributed by atoms with Crippen molar-refractivity contribution in [2.45, 2.75) is 52.4 Å². The highest BCUT2D eigenvalue weighted by Crippen LogP contribution is 2.17. The van der Waals surface area contributed by atoms with E-state index in [1.54, 1.807) is 0 Å². The van der Waals surface area contributed by atoms with Gasteiger partial charge in [-0.05, 0) is 49.7 Å². The standard InChI is InChI=1S/C17H26O/c1-14(2)17-11-5-10-16(13-17)9-4-7-15(3)8-6-12-18/h5,7,10-11,13-14,18H,4,6,8-9,12H2,1-3H3. The molecule has 0 saturated heterocycles. The van der Waals surface area contributed by atoms with Crippen LogP contribution >= 0.6 is 0 Å². The fourth-order valence-electron chi connectivity index (χ4n) is 2.05. The molecule has 0 atom stereocenters. The average molecular weight is 246 g/mol. The summed E-state index contributed by atoms with van der Waals surface area (Å²) in [7, 11) is 0. The molecule has 0 saturated carbocycles. The lowest BCUT2D eigenvalue weighted by Gasteiger charge is -2.07. The summed E-state index contributed by atoms with van der Waals surface area (Å²) in [5.74, 6) is 0.604. The molecule has 0 aliphatic heterocycles. The van der Waals surface area contributed by atoms with E-state index >= 15 is 0 Å². The number of allylic oxidation sites excluding steroid dienone is 2. The van der Waals surface area contributed by atoms with Crippen LogP contribution in [0.5, 0.6) is 0 Å². The quantitative estimate of drug-likeness (QED) is 0.704. The van der Waals surface area contributed by atoms with Crippen molar-refractivity contribution in [1.29, 1.82) is 0 Å². The highest BCUT2D eigenvalue weighted by molar-refractivity contribution is 5.26. The number of benzene rings is 1. The van der Waals surface area contributed by atoms with E-state index in [4.69, 9.17) is 5.11 Å². The minimum atomic E-state index is 0.293. The van der Waals surface area contributed by atoms with Crippen molar-refractivity contribution in [3.8, 4) is 0 Å². The molecule has 100 valence electrons. The number of rotatable bonds is 7. The summed E-state index contributed by atoms with van der Waals surface area (Å²) in [6.07, 6.45) is 6.40. The zero-order valence-corrected chi connectivity index (χ0v) is 11.9. The predicted octanol–water partition coefficient (Wildman–Crippen LogP) is 4.46. The Labute approximate surface area is 112 Å². The van der Waals surface area contributed by atoms with Crippen LogP contribution in [-0.2, 0) is 6.42 Å². The first kappa shape index (κ1) is 15.0. The molecule has 1 rings (SSSR count). The molecular weight excluding hydrogens is 220 g/mol. The van der Waals surface area contributed by atoms with E-state index in [1.807, 2.05) is 0 Å². The number of hydrogen-bond donors (Lipinski definition) is 1. The van der Waals surface area contributed by atoms with Crippen molar-refractivity contribution in [1.82, 2.24) is 0 Å². The Morgan fingerprint density at radius 2 is 2.11 bits per heavy atom. The third kappa shape index (κ3) is 5.50. The highest BCUT2D eigenvalue weighted by atomic mass is 16.2. The van der Waals surface area contributed by atoms with Crippen LogP contribution in [0.2, 0.25) is 0 Å². The smallest absolute Gasteiger partial charge is 0.0434 e. The Kier molecular flexibility index (Phi) is 6.74. The van der Waals surface area contributed by atoms with Crippen molar-refractivity contribution < 1.29 is 5.11 Å². The van der Waals surface area contributed by atoms with Crippen LogP contribution in [0.15, 0.2) is 35.9 Å². The topological polar surface area (TPSA) is 20.2 Å². The first-order valence-electron chi connectivity index (χ1n) is 6.99. The molecule has 1 N–H and O–H groups in total. The number of aliphatic hydroxyl groups excluding tert-OH is 1. The van der Waals surface area contributed by atoms with Crippen molar-refractivity contribution in [2.75, 3.05) is 6.61 Å². The van der Waals surface area contributed by atoms with Crippen LogP contribution in [0.1, 0.15) is 57.1 Å². The molecule has 1 heteroatoms. The van der Waals surface area contributed by atoms with E-state index < -0.39 is 0 Å². The second-order valence-corrected chi connectivity index (χ2v) is 5.32. The lowest BCUT2D eigenvalue weighted by atomic mass is 9.98.